The summed E-state index contributed by atoms with van der Waals surface area (Å²) in [6.45, 7) is -4.12. The molecule has 2 fully saturated rings. The smallest absolute Gasteiger partial charge is 0.324 e. The maximum atomic E-state index is 12.2. The highest BCUT2D eigenvalue weighted by Gasteiger charge is 2.44. The van der Waals surface area contributed by atoms with Crippen LogP contribution in [0.15, 0.2) is 36.1 Å². The second-order valence-electron chi connectivity index (χ2n) is 9.80. The Labute approximate surface area is 236 Å². The number of anilines is 2. The molecule has 0 aromatic carbocycles. The number of aromatic nitrogens is 8. The summed E-state index contributed by atoms with van der Waals surface area (Å²) < 4.78 is 20.8. The topological polar surface area (TPSA) is 248 Å². The molecule has 1 saturated carbocycles. The van der Waals surface area contributed by atoms with E-state index in [1.165, 1.54) is 19.0 Å². The Morgan fingerprint density at radius 1 is 1.17 bits per heavy atom. The number of nitrogens with one attached hydrogen (secondary N) is 1. The van der Waals surface area contributed by atoms with Gasteiger partial charge >= 0.3 is 6.72 Å². The Morgan fingerprint density at radius 2 is 1.95 bits per heavy atom. The van der Waals surface area contributed by atoms with E-state index in [0.29, 0.717) is 23.2 Å². The molecule has 0 radical (unpaired) electrons. The van der Waals surface area contributed by atoms with E-state index < -0.39 is 30.7 Å². The fourth-order valence-corrected chi connectivity index (χ4v) is 6.93. The van der Waals surface area contributed by atoms with Crippen molar-refractivity contribution >= 4 is 52.6 Å². The molecule has 4 aromatic heterocycles. The fraction of sp³-hybridized carbons (Fsp3) is 0.455. The normalized spacial score (nSPS) is 28.0. The highest BCUT2D eigenvalue weighted by molar-refractivity contribution is 8.07. The Balaban J connectivity index is 1.11. The minimum atomic E-state index is -3.77. The average Bonchev–Trinajstić information content (AvgIpc) is 3.64. The Morgan fingerprint density at radius 3 is 2.73 bits per heavy atom. The van der Waals surface area contributed by atoms with Crippen LogP contribution in [0.5, 0.6) is 0 Å². The van der Waals surface area contributed by atoms with Gasteiger partial charge in [0.25, 0.3) is 5.56 Å². The first-order valence-electron chi connectivity index (χ1n) is 12.6. The summed E-state index contributed by atoms with van der Waals surface area (Å²) in [6, 6.07) is -0.200. The number of H-pyrrole nitrogens is 1. The lowest BCUT2D eigenvalue weighted by atomic mass is 9.69. The van der Waals surface area contributed by atoms with Crippen molar-refractivity contribution < 1.29 is 28.9 Å². The molecule has 6 rings (SSSR count). The van der Waals surface area contributed by atoms with E-state index in [1.54, 1.807) is 15.2 Å². The highest BCUT2D eigenvalue weighted by atomic mass is 32.5. The van der Waals surface area contributed by atoms with Crippen molar-refractivity contribution in [3.05, 3.63) is 41.7 Å². The molecular weight excluding hydrogens is 579 g/mol. The second-order valence-corrected chi connectivity index (χ2v) is 12.6. The number of imidazole rings is 2. The lowest BCUT2D eigenvalue weighted by molar-refractivity contribution is -0.0423. The number of aromatic amines is 1. The van der Waals surface area contributed by atoms with Crippen molar-refractivity contribution in [2.24, 2.45) is 11.8 Å². The van der Waals surface area contributed by atoms with Crippen LogP contribution in [0.4, 0.5) is 11.8 Å². The zero-order valence-corrected chi connectivity index (χ0v) is 23.0. The van der Waals surface area contributed by atoms with Crippen LogP contribution >= 0.6 is 6.72 Å². The van der Waals surface area contributed by atoms with Crippen molar-refractivity contribution in [3.8, 4) is 0 Å². The van der Waals surface area contributed by atoms with Gasteiger partial charge in [-0.25, -0.2) is 19.9 Å². The van der Waals surface area contributed by atoms with Crippen LogP contribution in [0, 0.1) is 11.8 Å². The molecule has 0 amide bonds. The zero-order valence-electron chi connectivity index (χ0n) is 21.3. The molecule has 8 N–H and O–H groups in total. The number of aliphatic hydroxyl groups excluding tert-OH is 2. The Kier molecular flexibility index (Phi) is 7.23. The molecule has 1 aliphatic carbocycles. The van der Waals surface area contributed by atoms with Gasteiger partial charge in [0.15, 0.2) is 22.6 Å². The van der Waals surface area contributed by atoms with E-state index >= 15 is 0 Å². The first-order valence-corrected chi connectivity index (χ1v) is 15.2. The van der Waals surface area contributed by atoms with Gasteiger partial charge in [0, 0.05) is 18.4 Å². The molecule has 4 aromatic rings. The quantitative estimate of drug-likeness (QED) is 0.111. The Bertz CT molecular complexity index is 1730. The summed E-state index contributed by atoms with van der Waals surface area (Å²) in [4.78, 5) is 46.2. The van der Waals surface area contributed by atoms with E-state index in [4.69, 9.17) is 37.1 Å². The number of hydrogen-bond acceptors (Lipinski definition) is 14. The molecule has 0 bridgehead atoms. The van der Waals surface area contributed by atoms with E-state index in [2.05, 4.69) is 29.9 Å². The SMILES string of the molecule is Nc1nc2c(ncn2[C@@H]2C[C@H](COP(O)(=S)O[C@H]3C[C@H](n4cnc5c(N)ncnc54)O[C@@H]3CO)[C@H]2/C=C/O)c(=O)[nH]1. The van der Waals surface area contributed by atoms with Gasteiger partial charge in [-0.05, 0) is 30.2 Å². The van der Waals surface area contributed by atoms with Gasteiger partial charge in [0.05, 0.1) is 38.2 Å². The highest BCUT2D eigenvalue weighted by Crippen LogP contribution is 2.52. The summed E-state index contributed by atoms with van der Waals surface area (Å²) in [5, 5.41) is 19.4. The van der Waals surface area contributed by atoms with Gasteiger partial charge in [-0.2, -0.15) is 4.98 Å². The summed E-state index contributed by atoms with van der Waals surface area (Å²) in [5.41, 5.74) is 12.5. The van der Waals surface area contributed by atoms with Crippen LogP contribution in [0.25, 0.3) is 22.3 Å². The zero-order chi connectivity index (χ0) is 28.9. The van der Waals surface area contributed by atoms with E-state index in [1.807, 2.05) is 0 Å². The van der Waals surface area contributed by atoms with E-state index in [0.717, 1.165) is 6.26 Å². The predicted molar refractivity (Wildman–Crippen MR) is 148 cm³/mol. The Hall–Kier alpha value is -3.51. The first-order chi connectivity index (χ1) is 19.7. The van der Waals surface area contributed by atoms with Gasteiger partial charge in [-0.1, -0.05) is 0 Å². The van der Waals surface area contributed by atoms with Crippen molar-refractivity contribution in [2.75, 3.05) is 24.7 Å². The van der Waals surface area contributed by atoms with Crippen LogP contribution in [-0.4, -0.2) is 79.6 Å². The van der Waals surface area contributed by atoms with Crippen molar-refractivity contribution in [1.29, 1.82) is 0 Å². The fourth-order valence-electron chi connectivity index (χ4n) is 5.41. The minimum absolute atomic E-state index is 0.0330. The summed E-state index contributed by atoms with van der Waals surface area (Å²) >= 11 is 5.29. The van der Waals surface area contributed by atoms with E-state index in [9.17, 15) is 19.9 Å². The molecule has 1 unspecified atom stereocenters. The largest absolute Gasteiger partial charge is 0.516 e. The molecule has 19 heteroatoms. The molecule has 218 valence electrons. The molecule has 17 nitrogen and oxygen atoms in total. The van der Waals surface area contributed by atoms with Gasteiger partial charge in [0.1, 0.15) is 24.2 Å². The van der Waals surface area contributed by atoms with Crippen LogP contribution < -0.4 is 17.0 Å². The monoisotopic (exact) mass is 606 g/mol. The van der Waals surface area contributed by atoms with Crippen LogP contribution in [-0.2, 0) is 25.6 Å². The van der Waals surface area contributed by atoms with Gasteiger partial charge in [-0.3, -0.25) is 14.3 Å². The number of ether oxygens (including phenoxy) is 1. The molecule has 1 aliphatic heterocycles. The number of rotatable bonds is 9. The maximum Gasteiger partial charge on any atom is 0.324 e. The molecule has 2 aliphatic rings. The second kappa shape index (κ2) is 10.7. The lowest BCUT2D eigenvalue weighted by Gasteiger charge is -2.43. The maximum absolute atomic E-state index is 12.2. The van der Waals surface area contributed by atoms with Crippen LogP contribution in [0.2, 0.25) is 0 Å². The van der Waals surface area contributed by atoms with Gasteiger partial charge in [-0.15, -0.1) is 0 Å². The summed E-state index contributed by atoms with van der Waals surface area (Å²) in [6.07, 6.45) is 5.46. The van der Waals surface area contributed by atoms with Crippen LogP contribution in [0.1, 0.15) is 25.1 Å². The third-order valence-corrected chi connectivity index (χ3v) is 9.01. The number of nitrogens with two attached hydrogens (primary N) is 2. The van der Waals surface area contributed by atoms with Crippen molar-refractivity contribution in [2.45, 2.75) is 37.3 Å². The minimum Gasteiger partial charge on any atom is -0.516 e. The standard InChI is InChI=1S/C22H27N10O7PS/c23-18-16-19(26-7-25-18)32(9-27-16)15-4-13(14(5-34)38-15)39-40(36,41)37-6-10-3-12(11(10)1-2-33)31-8-28-17-20(31)29-22(24)30-21(17)35/h1-2,7-15,33-34H,3-6H2,(H,36,41)(H2,23,25,26)(H3,24,29,30,35)/b2-1+/t10-,11-,12-,13+,14-,15-,40?/m1/s1. The number of hydrogen-bond donors (Lipinski definition) is 6. The molecule has 0 spiro atoms. The van der Waals surface area contributed by atoms with Crippen LogP contribution in [0.3, 0.4) is 0 Å². The van der Waals surface area contributed by atoms with Gasteiger partial charge < -0.3 is 44.9 Å². The number of nitrogen functional groups attached to an aromatic ring is 2. The lowest BCUT2D eigenvalue weighted by Crippen LogP contribution is -2.40. The first kappa shape index (κ1) is 27.6. The number of nitrogens with zero attached hydrogens (tertiary/aromatic N) is 7. The number of aliphatic hydroxyl groups is 2. The number of fused-ring (bicyclic) bond motifs is 2. The number of allylic oxidation sites excluding steroid dienone is 1. The van der Waals surface area contributed by atoms with Crippen molar-refractivity contribution in [1.82, 2.24) is 39.0 Å². The predicted octanol–water partition coefficient (Wildman–Crippen LogP) is 0.271. The molecule has 1 saturated heterocycles. The average molecular weight is 607 g/mol. The summed E-state index contributed by atoms with van der Waals surface area (Å²) in [5.74, 6) is -0.209. The molecular formula is C22H27N10O7PS. The van der Waals surface area contributed by atoms with E-state index in [-0.39, 0.29) is 54.8 Å². The van der Waals surface area contributed by atoms with Gasteiger partial charge in [0.2, 0.25) is 5.95 Å². The molecule has 41 heavy (non-hydrogen) atoms. The third kappa shape index (κ3) is 5.07. The third-order valence-electron chi connectivity index (χ3n) is 7.43. The molecule has 5 heterocycles. The van der Waals surface area contributed by atoms with Crippen molar-refractivity contribution in [3.63, 3.8) is 0 Å². The summed E-state index contributed by atoms with van der Waals surface area (Å²) in [7, 11) is 0. The molecule has 7 atom stereocenters.